The minimum absolute atomic E-state index is 0.758. The zero-order valence-corrected chi connectivity index (χ0v) is 13.5. The van der Waals surface area contributed by atoms with E-state index in [0.29, 0.717) is 0 Å². The quantitative estimate of drug-likeness (QED) is 0.518. The van der Waals surface area contributed by atoms with Gasteiger partial charge in [-0.2, -0.15) is 0 Å². The van der Waals surface area contributed by atoms with Gasteiger partial charge in [0.1, 0.15) is 5.01 Å². The average Bonchev–Trinajstić information content (AvgIpc) is 2.96. The number of thiazole rings is 1. The highest BCUT2D eigenvalue weighted by atomic mass is 35.5. The van der Waals surface area contributed by atoms with Crippen LogP contribution in [0.2, 0.25) is 5.02 Å². The zero-order chi connectivity index (χ0) is 14.7. The van der Waals surface area contributed by atoms with Crippen molar-refractivity contribution >= 4 is 40.4 Å². The fraction of sp³-hybridized carbons (Fsp3) is 0.0625. The second-order valence-corrected chi connectivity index (χ2v) is 6.80. The Morgan fingerprint density at radius 3 is 2.67 bits per heavy atom. The Labute approximate surface area is 137 Å². The number of anilines is 1. The lowest BCUT2D eigenvalue weighted by molar-refractivity contribution is 1.26. The summed E-state index contributed by atoms with van der Waals surface area (Å²) in [6.07, 6.45) is 0. The molecule has 0 saturated heterocycles. The number of thioether (sulfide) groups is 1. The summed E-state index contributed by atoms with van der Waals surface area (Å²) in [6.45, 7) is 0. The summed E-state index contributed by atoms with van der Waals surface area (Å²) >= 11 is 9.50. The van der Waals surface area contributed by atoms with Gasteiger partial charge in [0.05, 0.1) is 16.5 Å². The van der Waals surface area contributed by atoms with Crippen molar-refractivity contribution in [3.63, 3.8) is 0 Å². The van der Waals surface area contributed by atoms with Gasteiger partial charge in [0.15, 0.2) is 0 Å². The number of hydrogen-bond donors (Lipinski definition) is 1. The first kappa shape index (κ1) is 14.4. The molecule has 0 unspecified atom stereocenters. The predicted octanol–water partition coefficient (Wildman–Crippen LogP) is 5.34. The summed E-state index contributed by atoms with van der Waals surface area (Å²) in [6, 6.07) is 15.7. The van der Waals surface area contributed by atoms with Crippen LogP contribution in [0.15, 0.2) is 58.8 Å². The maximum absolute atomic E-state index is 6.16. The summed E-state index contributed by atoms with van der Waals surface area (Å²) in [5, 5.41) is 3.90. The number of nitrogens with two attached hydrogens (primary N) is 1. The molecule has 0 atom stereocenters. The molecule has 1 aromatic heterocycles. The highest BCUT2D eigenvalue weighted by Gasteiger charge is 2.08. The van der Waals surface area contributed by atoms with Crippen molar-refractivity contribution in [3.8, 4) is 11.3 Å². The first-order valence-electron chi connectivity index (χ1n) is 6.40. The average molecular weight is 333 g/mol. The largest absolute Gasteiger partial charge is 0.398 e. The minimum Gasteiger partial charge on any atom is -0.398 e. The summed E-state index contributed by atoms with van der Waals surface area (Å²) in [5.41, 5.74) is 8.67. The molecule has 2 nitrogen and oxygen atoms in total. The maximum Gasteiger partial charge on any atom is 0.104 e. The lowest BCUT2D eigenvalue weighted by Crippen LogP contribution is -1.89. The van der Waals surface area contributed by atoms with Crippen molar-refractivity contribution < 1.29 is 0 Å². The summed E-state index contributed by atoms with van der Waals surface area (Å²) < 4.78 is 0. The minimum atomic E-state index is 0.758. The van der Waals surface area contributed by atoms with E-state index < -0.39 is 0 Å². The highest BCUT2D eigenvalue weighted by molar-refractivity contribution is 7.98. The van der Waals surface area contributed by atoms with Gasteiger partial charge in [-0.1, -0.05) is 41.9 Å². The summed E-state index contributed by atoms with van der Waals surface area (Å²) in [7, 11) is 0. The van der Waals surface area contributed by atoms with Crippen LogP contribution in [-0.2, 0) is 5.75 Å². The van der Waals surface area contributed by atoms with E-state index in [9.17, 15) is 0 Å². The molecule has 0 aliphatic rings. The molecular weight excluding hydrogens is 320 g/mol. The highest BCUT2D eigenvalue weighted by Crippen LogP contribution is 2.32. The van der Waals surface area contributed by atoms with Crippen molar-refractivity contribution in [2.45, 2.75) is 10.6 Å². The molecular formula is C16H13ClN2S2. The summed E-state index contributed by atoms with van der Waals surface area (Å²) in [5.74, 6) is 0.807. The van der Waals surface area contributed by atoms with Crippen molar-refractivity contribution in [3.05, 3.63) is 63.9 Å². The molecule has 3 aromatic rings. The molecule has 0 bridgehead atoms. The molecule has 0 saturated carbocycles. The molecule has 0 fully saturated rings. The third kappa shape index (κ3) is 3.40. The van der Waals surface area contributed by atoms with E-state index in [1.54, 1.807) is 23.1 Å². The van der Waals surface area contributed by atoms with Crippen LogP contribution >= 0.6 is 34.7 Å². The van der Waals surface area contributed by atoms with E-state index in [2.05, 4.69) is 4.98 Å². The van der Waals surface area contributed by atoms with Crippen LogP contribution in [0.5, 0.6) is 0 Å². The van der Waals surface area contributed by atoms with Crippen LogP contribution in [0.25, 0.3) is 11.3 Å². The van der Waals surface area contributed by atoms with Gasteiger partial charge in [0, 0.05) is 21.5 Å². The van der Waals surface area contributed by atoms with Gasteiger partial charge in [-0.15, -0.1) is 23.1 Å². The number of aromatic nitrogens is 1. The van der Waals surface area contributed by atoms with E-state index in [-0.39, 0.29) is 0 Å². The first-order valence-corrected chi connectivity index (χ1v) is 8.65. The Kier molecular flexibility index (Phi) is 4.48. The van der Waals surface area contributed by atoms with E-state index in [1.807, 2.05) is 53.9 Å². The van der Waals surface area contributed by atoms with Gasteiger partial charge >= 0.3 is 0 Å². The Morgan fingerprint density at radius 2 is 1.86 bits per heavy atom. The van der Waals surface area contributed by atoms with Gasteiger partial charge in [-0.05, 0) is 18.2 Å². The Bertz CT molecular complexity index is 755. The molecule has 0 spiro atoms. The Balaban J connectivity index is 1.74. The first-order chi connectivity index (χ1) is 10.2. The second-order valence-electron chi connectivity index (χ2n) is 4.43. The number of hydrogen-bond acceptors (Lipinski definition) is 4. The molecule has 2 N–H and O–H groups in total. The zero-order valence-electron chi connectivity index (χ0n) is 11.1. The van der Waals surface area contributed by atoms with Crippen molar-refractivity contribution in [1.29, 1.82) is 0 Å². The molecule has 106 valence electrons. The van der Waals surface area contributed by atoms with Gasteiger partial charge in [0.2, 0.25) is 0 Å². The van der Waals surface area contributed by atoms with Gasteiger partial charge in [-0.3, -0.25) is 0 Å². The third-order valence-electron chi connectivity index (χ3n) is 2.98. The summed E-state index contributed by atoms with van der Waals surface area (Å²) in [4.78, 5) is 5.74. The van der Waals surface area contributed by atoms with Crippen LogP contribution in [0.1, 0.15) is 5.01 Å². The number of rotatable bonds is 4. The van der Waals surface area contributed by atoms with Crippen molar-refractivity contribution in [1.82, 2.24) is 4.98 Å². The molecule has 2 aromatic carbocycles. The van der Waals surface area contributed by atoms with Crippen LogP contribution in [-0.4, -0.2) is 4.98 Å². The topological polar surface area (TPSA) is 38.9 Å². The van der Waals surface area contributed by atoms with Crippen LogP contribution < -0.4 is 5.73 Å². The lowest BCUT2D eigenvalue weighted by atomic mass is 10.1. The molecule has 0 amide bonds. The molecule has 0 aliphatic carbocycles. The maximum atomic E-state index is 6.16. The number of benzene rings is 2. The fourth-order valence-electron chi connectivity index (χ4n) is 1.93. The van der Waals surface area contributed by atoms with E-state index in [1.165, 1.54) is 0 Å². The molecule has 0 aliphatic heterocycles. The standard InChI is InChI=1S/C16H13ClN2S2/c17-12-6-2-4-8-15(12)20-10-16-19-14(9-21-16)11-5-1-3-7-13(11)18/h1-9H,10,18H2. The molecule has 0 radical (unpaired) electrons. The molecule has 1 heterocycles. The Morgan fingerprint density at radius 1 is 1.10 bits per heavy atom. The monoisotopic (exact) mass is 332 g/mol. The van der Waals surface area contributed by atoms with E-state index in [4.69, 9.17) is 17.3 Å². The third-order valence-corrected chi connectivity index (χ3v) is 5.53. The van der Waals surface area contributed by atoms with E-state index in [0.717, 1.165) is 37.6 Å². The van der Waals surface area contributed by atoms with E-state index >= 15 is 0 Å². The number of para-hydroxylation sites is 1. The Hall–Kier alpha value is -1.49. The normalized spacial score (nSPS) is 10.7. The van der Waals surface area contributed by atoms with Crippen molar-refractivity contribution in [2.24, 2.45) is 0 Å². The van der Waals surface area contributed by atoms with Gasteiger partial charge in [-0.25, -0.2) is 4.98 Å². The number of nitrogen functional groups attached to an aromatic ring is 1. The van der Waals surface area contributed by atoms with Crippen LogP contribution in [0.4, 0.5) is 5.69 Å². The number of halogens is 1. The smallest absolute Gasteiger partial charge is 0.104 e. The van der Waals surface area contributed by atoms with Gasteiger partial charge < -0.3 is 5.73 Å². The molecule has 21 heavy (non-hydrogen) atoms. The second kappa shape index (κ2) is 6.52. The van der Waals surface area contributed by atoms with Crippen molar-refractivity contribution in [2.75, 3.05) is 5.73 Å². The molecule has 5 heteroatoms. The predicted molar refractivity (Wildman–Crippen MR) is 93.0 cm³/mol. The fourth-order valence-corrected chi connectivity index (χ4v) is 3.98. The number of nitrogens with zero attached hydrogens (tertiary/aromatic N) is 1. The van der Waals surface area contributed by atoms with Crippen LogP contribution in [0.3, 0.4) is 0 Å². The lowest BCUT2D eigenvalue weighted by Gasteiger charge is -2.02. The van der Waals surface area contributed by atoms with Gasteiger partial charge in [0.25, 0.3) is 0 Å². The van der Waals surface area contributed by atoms with Crippen LogP contribution in [0, 0.1) is 0 Å². The molecule has 3 rings (SSSR count). The SMILES string of the molecule is Nc1ccccc1-c1csc(CSc2ccccc2Cl)n1.